The molecule has 1 unspecified atom stereocenters. The molecule has 0 spiro atoms. The molecule has 3 rings (SSSR count). The Bertz CT molecular complexity index is 681. The first-order chi connectivity index (χ1) is 12.2. The number of hydrogen-bond donors (Lipinski definition) is 1. The Kier molecular flexibility index (Phi) is 6.18. The van der Waals surface area contributed by atoms with Gasteiger partial charge in [0.05, 0.1) is 12.2 Å². The van der Waals surface area contributed by atoms with Crippen LogP contribution in [-0.4, -0.2) is 28.9 Å². The minimum Gasteiger partial charge on any atom is -0.332 e. The smallest absolute Gasteiger partial charge is 0.223 e. The van der Waals surface area contributed by atoms with Gasteiger partial charge in [-0.25, -0.2) is 0 Å². The topological polar surface area (TPSA) is 45.2 Å². The van der Waals surface area contributed by atoms with Crippen LogP contribution in [0.2, 0.25) is 0 Å². The third-order valence-electron chi connectivity index (χ3n) is 4.82. The molecule has 1 atom stereocenters. The highest BCUT2D eigenvalue weighted by atomic mass is 16.2. The molecule has 132 valence electrons. The summed E-state index contributed by atoms with van der Waals surface area (Å²) < 4.78 is 0. The van der Waals surface area contributed by atoms with Crippen molar-refractivity contribution in [1.29, 1.82) is 0 Å². The van der Waals surface area contributed by atoms with Gasteiger partial charge in [-0.15, -0.1) is 0 Å². The van der Waals surface area contributed by atoms with Gasteiger partial charge in [-0.05, 0) is 56.5 Å². The molecule has 4 heteroatoms. The number of carbonyl (C=O) groups is 1. The van der Waals surface area contributed by atoms with Gasteiger partial charge in [-0.2, -0.15) is 0 Å². The summed E-state index contributed by atoms with van der Waals surface area (Å²) in [6.45, 7) is 5.42. The van der Waals surface area contributed by atoms with Crippen molar-refractivity contribution in [2.24, 2.45) is 5.92 Å². The van der Waals surface area contributed by atoms with Crippen molar-refractivity contribution in [2.75, 3.05) is 13.1 Å². The normalized spacial score (nSPS) is 16.8. The van der Waals surface area contributed by atoms with E-state index in [9.17, 15) is 4.79 Å². The van der Waals surface area contributed by atoms with Gasteiger partial charge in [0.15, 0.2) is 0 Å². The maximum atomic E-state index is 12.9. The Morgan fingerprint density at radius 3 is 2.88 bits per heavy atom. The molecule has 2 heterocycles. The Hall–Kier alpha value is -2.20. The molecule has 2 aromatic rings. The van der Waals surface area contributed by atoms with Gasteiger partial charge in [-0.1, -0.05) is 35.9 Å². The summed E-state index contributed by atoms with van der Waals surface area (Å²) in [5.41, 5.74) is 3.33. The van der Waals surface area contributed by atoms with Crippen molar-refractivity contribution < 1.29 is 4.79 Å². The van der Waals surface area contributed by atoms with Crippen molar-refractivity contribution in [1.82, 2.24) is 15.2 Å². The highest BCUT2D eigenvalue weighted by molar-refractivity contribution is 5.76. The molecule has 0 aliphatic carbocycles. The van der Waals surface area contributed by atoms with Crippen molar-refractivity contribution in [3.63, 3.8) is 0 Å². The van der Waals surface area contributed by atoms with Crippen LogP contribution in [0.4, 0.5) is 0 Å². The summed E-state index contributed by atoms with van der Waals surface area (Å²) in [6.07, 6.45) is 4.56. The second-order valence-electron chi connectivity index (χ2n) is 6.96. The van der Waals surface area contributed by atoms with Gasteiger partial charge < -0.3 is 10.2 Å². The van der Waals surface area contributed by atoms with E-state index < -0.39 is 0 Å². The molecule has 0 bridgehead atoms. The maximum absolute atomic E-state index is 12.9. The molecule has 0 radical (unpaired) electrons. The summed E-state index contributed by atoms with van der Waals surface area (Å²) in [5, 5.41) is 3.38. The van der Waals surface area contributed by atoms with Gasteiger partial charge in [-0.3, -0.25) is 9.78 Å². The summed E-state index contributed by atoms with van der Waals surface area (Å²) in [7, 11) is 0. The van der Waals surface area contributed by atoms with Crippen molar-refractivity contribution in [2.45, 2.75) is 39.3 Å². The Labute approximate surface area is 150 Å². The third-order valence-corrected chi connectivity index (χ3v) is 4.82. The van der Waals surface area contributed by atoms with Crippen LogP contribution in [0, 0.1) is 12.8 Å². The Morgan fingerprint density at radius 2 is 2.16 bits per heavy atom. The summed E-state index contributed by atoms with van der Waals surface area (Å²) in [6, 6.07) is 14.2. The lowest BCUT2D eigenvalue weighted by molar-refractivity contribution is -0.132. The molecular weight excluding hydrogens is 310 g/mol. The Morgan fingerprint density at radius 1 is 1.24 bits per heavy atom. The van der Waals surface area contributed by atoms with E-state index in [-0.39, 0.29) is 5.91 Å². The van der Waals surface area contributed by atoms with E-state index in [2.05, 4.69) is 41.5 Å². The largest absolute Gasteiger partial charge is 0.332 e. The summed E-state index contributed by atoms with van der Waals surface area (Å²) in [4.78, 5) is 19.2. The van der Waals surface area contributed by atoms with Crippen LogP contribution in [-0.2, 0) is 17.9 Å². The van der Waals surface area contributed by atoms with E-state index in [0.717, 1.165) is 25.2 Å². The van der Waals surface area contributed by atoms with Gasteiger partial charge in [0.25, 0.3) is 0 Å². The fourth-order valence-corrected chi connectivity index (χ4v) is 3.40. The average Bonchev–Trinajstić information content (AvgIpc) is 3.14. The van der Waals surface area contributed by atoms with Gasteiger partial charge in [0, 0.05) is 19.2 Å². The lowest BCUT2D eigenvalue weighted by Gasteiger charge is -2.23. The molecule has 1 N–H and O–H groups in total. The van der Waals surface area contributed by atoms with Gasteiger partial charge >= 0.3 is 0 Å². The molecule has 1 saturated heterocycles. The number of nitrogens with zero attached hydrogens (tertiary/aromatic N) is 2. The predicted molar refractivity (Wildman–Crippen MR) is 99.9 cm³/mol. The first kappa shape index (κ1) is 17.6. The molecule has 1 aromatic heterocycles. The predicted octanol–water partition coefficient (Wildman–Crippen LogP) is 3.31. The molecule has 1 fully saturated rings. The monoisotopic (exact) mass is 337 g/mol. The molecule has 1 amide bonds. The van der Waals surface area contributed by atoms with E-state index in [1.807, 2.05) is 23.1 Å². The number of nitrogens with one attached hydrogen (secondary N) is 1. The van der Waals surface area contributed by atoms with Crippen molar-refractivity contribution in [3.05, 3.63) is 65.5 Å². The summed E-state index contributed by atoms with van der Waals surface area (Å²) in [5.74, 6) is 0.860. The van der Waals surface area contributed by atoms with E-state index in [0.29, 0.717) is 25.4 Å². The molecule has 1 aliphatic rings. The van der Waals surface area contributed by atoms with Crippen molar-refractivity contribution >= 4 is 5.91 Å². The van der Waals surface area contributed by atoms with Crippen LogP contribution < -0.4 is 5.32 Å². The van der Waals surface area contributed by atoms with E-state index in [1.165, 1.54) is 17.5 Å². The molecule has 0 saturated carbocycles. The highest BCUT2D eigenvalue weighted by Gasteiger charge is 2.19. The SMILES string of the molecule is Cc1cccc(CN(Cc2ccccn2)C(=O)CCC2CCNC2)c1. The van der Waals surface area contributed by atoms with Crippen LogP contribution in [0.3, 0.4) is 0 Å². The lowest BCUT2D eigenvalue weighted by Crippen LogP contribution is -2.30. The quantitative estimate of drug-likeness (QED) is 0.843. The zero-order valence-corrected chi connectivity index (χ0v) is 14.9. The highest BCUT2D eigenvalue weighted by Crippen LogP contribution is 2.17. The zero-order chi connectivity index (χ0) is 17.5. The molecule has 1 aliphatic heterocycles. The number of hydrogen-bond acceptors (Lipinski definition) is 3. The number of aryl methyl sites for hydroxylation is 1. The summed E-state index contributed by atoms with van der Waals surface area (Å²) >= 11 is 0. The Balaban J connectivity index is 1.67. The number of amides is 1. The molecular formula is C21H27N3O. The fourth-order valence-electron chi connectivity index (χ4n) is 3.40. The maximum Gasteiger partial charge on any atom is 0.223 e. The van der Waals surface area contributed by atoms with Crippen LogP contribution >= 0.6 is 0 Å². The van der Waals surface area contributed by atoms with E-state index >= 15 is 0 Å². The fraction of sp³-hybridized carbons (Fsp3) is 0.429. The minimum atomic E-state index is 0.221. The van der Waals surface area contributed by atoms with Gasteiger partial charge in [0.1, 0.15) is 0 Å². The van der Waals surface area contributed by atoms with Crippen LogP contribution in [0.1, 0.15) is 36.1 Å². The number of aromatic nitrogens is 1. The second kappa shape index (κ2) is 8.77. The number of carbonyl (C=O) groups excluding carboxylic acids is 1. The van der Waals surface area contributed by atoms with E-state index in [4.69, 9.17) is 0 Å². The van der Waals surface area contributed by atoms with Crippen LogP contribution in [0.5, 0.6) is 0 Å². The average molecular weight is 337 g/mol. The molecule has 25 heavy (non-hydrogen) atoms. The minimum absolute atomic E-state index is 0.221. The standard InChI is InChI=1S/C21H27N3O/c1-17-5-4-6-19(13-17)15-24(16-20-7-2-3-11-23-20)21(25)9-8-18-10-12-22-14-18/h2-7,11,13,18,22H,8-10,12,14-16H2,1H3. The van der Waals surface area contributed by atoms with Crippen LogP contribution in [0.15, 0.2) is 48.7 Å². The van der Waals surface area contributed by atoms with Crippen LogP contribution in [0.25, 0.3) is 0 Å². The van der Waals surface area contributed by atoms with Gasteiger partial charge in [0.2, 0.25) is 5.91 Å². The lowest BCUT2D eigenvalue weighted by atomic mass is 10.0. The number of benzene rings is 1. The molecule has 1 aromatic carbocycles. The van der Waals surface area contributed by atoms with Crippen molar-refractivity contribution in [3.8, 4) is 0 Å². The van der Waals surface area contributed by atoms with E-state index in [1.54, 1.807) is 6.20 Å². The first-order valence-corrected chi connectivity index (χ1v) is 9.14. The molecule has 4 nitrogen and oxygen atoms in total. The second-order valence-corrected chi connectivity index (χ2v) is 6.96. The first-order valence-electron chi connectivity index (χ1n) is 9.14. The number of pyridine rings is 1. The number of rotatable bonds is 7. The third kappa shape index (κ3) is 5.40. The zero-order valence-electron chi connectivity index (χ0n) is 14.9.